The number of halogens is 2. The van der Waals surface area contributed by atoms with E-state index in [4.69, 9.17) is 0 Å². The van der Waals surface area contributed by atoms with E-state index in [0.29, 0.717) is 18.0 Å². The van der Waals surface area contributed by atoms with Gasteiger partial charge in [0.1, 0.15) is 0 Å². The van der Waals surface area contributed by atoms with Crippen molar-refractivity contribution in [3.8, 4) is 0 Å². The standard InChI is InChI=1S/C14H18F2N2O/c15-12-5-3-10(8-13(12)16)9-18-14(19)6-4-11-2-1-7-17-11/h3,5,8,11,17H,1-2,4,6-7,9H2,(H,18,19). The van der Waals surface area contributed by atoms with Crippen LogP contribution in [0.15, 0.2) is 18.2 Å². The Morgan fingerprint density at radius 1 is 1.37 bits per heavy atom. The van der Waals surface area contributed by atoms with E-state index in [1.165, 1.54) is 12.5 Å². The minimum absolute atomic E-state index is 0.0570. The molecule has 1 unspecified atom stereocenters. The molecule has 0 saturated carbocycles. The van der Waals surface area contributed by atoms with Crippen LogP contribution >= 0.6 is 0 Å². The lowest BCUT2D eigenvalue weighted by molar-refractivity contribution is -0.121. The maximum absolute atomic E-state index is 13.0. The number of nitrogens with one attached hydrogen (secondary N) is 2. The first kappa shape index (κ1) is 13.9. The predicted octanol–water partition coefficient (Wildman–Crippen LogP) is 2.11. The molecule has 5 heteroatoms. The second kappa shape index (κ2) is 6.61. The Kier molecular flexibility index (Phi) is 4.85. The molecule has 1 fully saturated rings. The third-order valence-electron chi connectivity index (χ3n) is 3.36. The first-order valence-corrected chi connectivity index (χ1v) is 6.59. The van der Waals surface area contributed by atoms with Gasteiger partial charge < -0.3 is 10.6 Å². The van der Waals surface area contributed by atoms with Gasteiger partial charge in [-0.1, -0.05) is 6.07 Å². The summed E-state index contributed by atoms with van der Waals surface area (Å²) in [5.74, 6) is -1.82. The Morgan fingerprint density at radius 3 is 2.89 bits per heavy atom. The van der Waals surface area contributed by atoms with Crippen molar-refractivity contribution in [1.82, 2.24) is 10.6 Å². The molecule has 0 spiro atoms. The van der Waals surface area contributed by atoms with Crippen molar-refractivity contribution in [3.05, 3.63) is 35.4 Å². The van der Waals surface area contributed by atoms with E-state index >= 15 is 0 Å². The van der Waals surface area contributed by atoms with Crippen LogP contribution in [0.25, 0.3) is 0 Å². The molecule has 0 aliphatic carbocycles. The van der Waals surface area contributed by atoms with Crippen molar-refractivity contribution in [2.24, 2.45) is 0 Å². The molecule has 1 heterocycles. The highest BCUT2D eigenvalue weighted by atomic mass is 19.2. The largest absolute Gasteiger partial charge is 0.352 e. The first-order chi connectivity index (χ1) is 9.15. The van der Waals surface area contributed by atoms with E-state index in [9.17, 15) is 13.6 Å². The molecule has 0 radical (unpaired) electrons. The van der Waals surface area contributed by atoms with E-state index < -0.39 is 11.6 Å². The average molecular weight is 268 g/mol. The zero-order valence-corrected chi connectivity index (χ0v) is 10.7. The molecular weight excluding hydrogens is 250 g/mol. The zero-order chi connectivity index (χ0) is 13.7. The van der Waals surface area contributed by atoms with Gasteiger partial charge in [-0.3, -0.25) is 4.79 Å². The van der Waals surface area contributed by atoms with Crippen molar-refractivity contribution in [2.45, 2.75) is 38.3 Å². The molecule has 0 bridgehead atoms. The average Bonchev–Trinajstić information content (AvgIpc) is 2.91. The molecule has 2 rings (SSSR count). The highest BCUT2D eigenvalue weighted by molar-refractivity contribution is 5.75. The van der Waals surface area contributed by atoms with Crippen molar-refractivity contribution in [3.63, 3.8) is 0 Å². The van der Waals surface area contributed by atoms with Gasteiger partial charge in [-0.2, -0.15) is 0 Å². The Labute approximate surface area is 111 Å². The van der Waals surface area contributed by atoms with Crippen LogP contribution in [0.4, 0.5) is 8.78 Å². The van der Waals surface area contributed by atoms with Gasteiger partial charge in [0.05, 0.1) is 0 Å². The lowest BCUT2D eigenvalue weighted by atomic mass is 10.1. The van der Waals surface area contributed by atoms with Crippen molar-refractivity contribution in [1.29, 1.82) is 0 Å². The smallest absolute Gasteiger partial charge is 0.220 e. The molecule has 2 N–H and O–H groups in total. The molecule has 1 amide bonds. The summed E-state index contributed by atoms with van der Waals surface area (Å²) in [5.41, 5.74) is 0.561. The molecular formula is C14H18F2N2O. The van der Waals surface area contributed by atoms with Crippen LogP contribution in [0, 0.1) is 11.6 Å². The van der Waals surface area contributed by atoms with Gasteiger partial charge in [0.25, 0.3) is 0 Å². The zero-order valence-electron chi connectivity index (χ0n) is 10.7. The fourth-order valence-corrected chi connectivity index (χ4v) is 2.25. The molecule has 1 aliphatic rings. The third-order valence-corrected chi connectivity index (χ3v) is 3.36. The lowest BCUT2D eigenvalue weighted by Gasteiger charge is -2.10. The Balaban J connectivity index is 1.71. The molecule has 0 aromatic heterocycles. The van der Waals surface area contributed by atoms with Crippen molar-refractivity contribution >= 4 is 5.91 Å². The maximum Gasteiger partial charge on any atom is 0.220 e. The number of carbonyl (C=O) groups is 1. The summed E-state index contributed by atoms with van der Waals surface area (Å²) >= 11 is 0. The van der Waals surface area contributed by atoms with Crippen LogP contribution < -0.4 is 10.6 Å². The monoisotopic (exact) mass is 268 g/mol. The predicted molar refractivity (Wildman–Crippen MR) is 68.5 cm³/mol. The Bertz CT molecular complexity index is 445. The van der Waals surface area contributed by atoms with Gasteiger partial charge in [0.15, 0.2) is 11.6 Å². The van der Waals surface area contributed by atoms with Crippen LogP contribution in [-0.2, 0) is 11.3 Å². The Morgan fingerprint density at radius 2 is 2.21 bits per heavy atom. The molecule has 19 heavy (non-hydrogen) atoms. The number of benzene rings is 1. The number of carbonyl (C=O) groups excluding carboxylic acids is 1. The second-order valence-corrected chi connectivity index (χ2v) is 4.86. The summed E-state index contributed by atoms with van der Waals surface area (Å²) in [5, 5.41) is 6.04. The second-order valence-electron chi connectivity index (χ2n) is 4.86. The van der Waals surface area contributed by atoms with Gasteiger partial charge in [-0.25, -0.2) is 8.78 Å². The van der Waals surface area contributed by atoms with Crippen LogP contribution in [0.5, 0.6) is 0 Å². The minimum atomic E-state index is -0.887. The highest BCUT2D eigenvalue weighted by Crippen LogP contribution is 2.11. The van der Waals surface area contributed by atoms with E-state index in [-0.39, 0.29) is 12.5 Å². The van der Waals surface area contributed by atoms with Crippen LogP contribution in [-0.4, -0.2) is 18.5 Å². The van der Waals surface area contributed by atoms with Crippen molar-refractivity contribution in [2.75, 3.05) is 6.54 Å². The lowest BCUT2D eigenvalue weighted by Crippen LogP contribution is -2.27. The van der Waals surface area contributed by atoms with Crippen LogP contribution in [0.3, 0.4) is 0 Å². The SMILES string of the molecule is O=C(CCC1CCCN1)NCc1ccc(F)c(F)c1. The molecule has 1 saturated heterocycles. The van der Waals surface area contributed by atoms with Crippen LogP contribution in [0.2, 0.25) is 0 Å². The third kappa shape index (κ3) is 4.28. The summed E-state index contributed by atoms with van der Waals surface area (Å²) in [6, 6.07) is 4.08. The van der Waals surface area contributed by atoms with E-state index in [1.54, 1.807) is 0 Å². The Hall–Kier alpha value is -1.49. The number of hydrogen-bond donors (Lipinski definition) is 2. The molecule has 1 aromatic rings. The fraction of sp³-hybridized carbons (Fsp3) is 0.500. The molecule has 3 nitrogen and oxygen atoms in total. The van der Waals surface area contributed by atoms with Gasteiger partial charge in [-0.05, 0) is 43.5 Å². The number of hydrogen-bond acceptors (Lipinski definition) is 2. The van der Waals surface area contributed by atoms with Gasteiger partial charge in [-0.15, -0.1) is 0 Å². The van der Waals surface area contributed by atoms with Crippen molar-refractivity contribution < 1.29 is 13.6 Å². The number of rotatable bonds is 5. The summed E-state index contributed by atoms with van der Waals surface area (Å²) in [7, 11) is 0. The number of amides is 1. The van der Waals surface area contributed by atoms with E-state index in [1.807, 2.05) is 0 Å². The van der Waals surface area contributed by atoms with Crippen LogP contribution in [0.1, 0.15) is 31.2 Å². The molecule has 1 atom stereocenters. The van der Waals surface area contributed by atoms with Gasteiger partial charge >= 0.3 is 0 Å². The highest BCUT2D eigenvalue weighted by Gasteiger charge is 2.15. The van der Waals surface area contributed by atoms with E-state index in [2.05, 4.69) is 10.6 Å². The quantitative estimate of drug-likeness (QED) is 0.858. The molecule has 104 valence electrons. The van der Waals surface area contributed by atoms with Gasteiger partial charge in [0.2, 0.25) is 5.91 Å². The normalized spacial score (nSPS) is 18.5. The van der Waals surface area contributed by atoms with E-state index in [0.717, 1.165) is 31.5 Å². The summed E-state index contributed by atoms with van der Waals surface area (Å²) < 4.78 is 25.7. The summed E-state index contributed by atoms with van der Waals surface area (Å²) in [6.45, 7) is 1.26. The minimum Gasteiger partial charge on any atom is -0.352 e. The van der Waals surface area contributed by atoms with Gasteiger partial charge in [0, 0.05) is 19.0 Å². The fourth-order valence-electron chi connectivity index (χ4n) is 2.25. The summed E-state index contributed by atoms with van der Waals surface area (Å²) in [6.07, 6.45) is 3.57. The summed E-state index contributed by atoms with van der Waals surface area (Å²) in [4.78, 5) is 11.6. The molecule has 1 aromatic carbocycles. The maximum atomic E-state index is 13.0. The topological polar surface area (TPSA) is 41.1 Å². The first-order valence-electron chi connectivity index (χ1n) is 6.59. The molecule has 1 aliphatic heterocycles.